The van der Waals surface area contributed by atoms with E-state index in [2.05, 4.69) is 4.98 Å². The fourth-order valence-corrected chi connectivity index (χ4v) is 1.34. The molecule has 0 saturated heterocycles. The van der Waals surface area contributed by atoms with E-state index < -0.39 is 11.9 Å². The molecule has 13 heavy (non-hydrogen) atoms. The first-order valence-electron chi connectivity index (χ1n) is 3.18. The third-order valence-electron chi connectivity index (χ3n) is 1.13. The lowest BCUT2D eigenvalue weighted by Crippen LogP contribution is -2.04. The van der Waals surface area contributed by atoms with E-state index in [1.54, 1.807) is 0 Å². The summed E-state index contributed by atoms with van der Waals surface area (Å²) in [5, 5.41) is 1.07. The molecule has 0 radical (unpaired) electrons. The van der Waals surface area contributed by atoms with Crippen LogP contribution in [0.3, 0.4) is 0 Å². The third-order valence-corrected chi connectivity index (χ3v) is 1.94. The van der Waals surface area contributed by atoms with Crippen molar-refractivity contribution in [1.29, 1.82) is 0 Å². The normalized spacial score (nSPS) is 12.2. The van der Waals surface area contributed by atoms with Crippen LogP contribution in [0.5, 0.6) is 0 Å². The number of carbonyl (C=O) groups is 1. The van der Waals surface area contributed by atoms with E-state index in [9.17, 15) is 18.0 Å². The van der Waals surface area contributed by atoms with Gasteiger partial charge in [-0.15, -0.1) is 11.3 Å². The Morgan fingerprint density at radius 3 is 2.62 bits per heavy atom. The van der Waals surface area contributed by atoms with E-state index in [4.69, 9.17) is 0 Å². The molecule has 1 aromatic heterocycles. The molecule has 0 aliphatic heterocycles. The van der Waals surface area contributed by atoms with E-state index in [0.29, 0.717) is 6.29 Å². The first-order valence-corrected chi connectivity index (χ1v) is 4.06. The highest BCUT2D eigenvalue weighted by Crippen LogP contribution is 2.30. The lowest BCUT2D eigenvalue weighted by molar-refractivity contribution is -0.140. The number of carbonyl (C=O) groups excluding carboxylic acids is 1. The number of aromatic nitrogens is 1. The molecule has 1 aromatic rings. The van der Waals surface area contributed by atoms with Gasteiger partial charge in [0, 0.05) is 5.38 Å². The molecule has 0 aliphatic rings. The van der Waals surface area contributed by atoms with E-state index in [1.807, 2.05) is 0 Å². The van der Waals surface area contributed by atoms with Crippen LogP contribution in [-0.4, -0.2) is 11.3 Å². The zero-order chi connectivity index (χ0) is 9.90. The predicted octanol–water partition coefficient (Wildman–Crippen LogP) is 2.37. The molecule has 0 aliphatic carbocycles. The molecule has 0 aromatic carbocycles. The minimum atomic E-state index is -4.41. The lowest BCUT2D eigenvalue weighted by Gasteiger charge is -1.98. The fourth-order valence-electron chi connectivity index (χ4n) is 0.616. The maximum atomic E-state index is 12.0. The number of nitrogens with zero attached hydrogens (tertiary/aromatic N) is 1. The van der Waals surface area contributed by atoms with E-state index in [-0.39, 0.29) is 5.01 Å². The smallest absolute Gasteiger partial charge is 0.299 e. The highest BCUT2D eigenvalue weighted by Gasteiger charge is 2.33. The van der Waals surface area contributed by atoms with Crippen LogP contribution in [0.2, 0.25) is 0 Å². The average molecular weight is 207 g/mol. The Kier molecular flexibility index (Phi) is 2.82. The topological polar surface area (TPSA) is 30.0 Å². The Morgan fingerprint density at radius 2 is 2.15 bits per heavy atom. The first kappa shape index (κ1) is 9.91. The Morgan fingerprint density at radius 1 is 1.46 bits per heavy atom. The molecule has 0 bridgehead atoms. The molecule has 2 nitrogen and oxygen atoms in total. The van der Waals surface area contributed by atoms with E-state index in [0.717, 1.165) is 22.8 Å². The summed E-state index contributed by atoms with van der Waals surface area (Å²) in [6, 6.07) is 0. The minimum Gasteiger partial charge on any atom is -0.299 e. The van der Waals surface area contributed by atoms with Gasteiger partial charge in [0.1, 0.15) is 11.3 Å². The summed E-state index contributed by atoms with van der Waals surface area (Å²) < 4.78 is 35.9. The van der Waals surface area contributed by atoms with Gasteiger partial charge in [-0.25, -0.2) is 4.98 Å². The van der Waals surface area contributed by atoms with Crippen LogP contribution in [0.25, 0.3) is 6.08 Å². The van der Waals surface area contributed by atoms with E-state index in [1.165, 1.54) is 6.08 Å². The largest absolute Gasteiger partial charge is 0.434 e. The Bertz CT molecular complexity index is 329. The second-order valence-corrected chi connectivity index (χ2v) is 2.95. The second-order valence-electron chi connectivity index (χ2n) is 2.06. The SMILES string of the molecule is O=CC=Cc1nc(C(F)(F)F)cs1. The number of aldehydes is 1. The fraction of sp³-hybridized carbons (Fsp3) is 0.143. The van der Waals surface area contributed by atoms with Gasteiger partial charge in [-0.05, 0) is 12.2 Å². The highest BCUT2D eigenvalue weighted by atomic mass is 32.1. The van der Waals surface area contributed by atoms with Gasteiger partial charge in [-0.1, -0.05) is 0 Å². The third kappa shape index (κ3) is 2.66. The van der Waals surface area contributed by atoms with Crippen molar-refractivity contribution in [1.82, 2.24) is 4.98 Å². The van der Waals surface area contributed by atoms with Gasteiger partial charge in [-0.3, -0.25) is 4.79 Å². The molecule has 1 heterocycles. The van der Waals surface area contributed by atoms with Crippen molar-refractivity contribution in [2.75, 3.05) is 0 Å². The number of halogens is 3. The molecule has 0 saturated carbocycles. The van der Waals surface area contributed by atoms with Gasteiger partial charge in [0.25, 0.3) is 0 Å². The minimum absolute atomic E-state index is 0.166. The molecular weight excluding hydrogens is 203 g/mol. The molecule has 0 amide bonds. The molecule has 6 heteroatoms. The van der Waals surface area contributed by atoms with Crippen molar-refractivity contribution >= 4 is 23.7 Å². The molecule has 0 atom stereocenters. The zero-order valence-electron chi connectivity index (χ0n) is 6.21. The van der Waals surface area contributed by atoms with E-state index >= 15 is 0 Å². The summed E-state index contributed by atoms with van der Waals surface area (Å²) >= 11 is 0.840. The maximum Gasteiger partial charge on any atom is 0.434 e. The number of rotatable bonds is 2. The average Bonchev–Trinajstić information content (AvgIpc) is 2.47. The van der Waals surface area contributed by atoms with Gasteiger partial charge in [-0.2, -0.15) is 13.2 Å². The number of thiazole rings is 1. The van der Waals surface area contributed by atoms with Crippen molar-refractivity contribution in [3.8, 4) is 0 Å². The standard InChI is InChI=1S/C7H4F3NOS/c8-7(9,10)5-4-13-6(11-5)2-1-3-12/h1-4H. The number of alkyl halides is 3. The Balaban J connectivity index is 2.87. The van der Waals surface area contributed by atoms with Crippen LogP contribution < -0.4 is 0 Å². The van der Waals surface area contributed by atoms with Crippen molar-refractivity contribution in [2.45, 2.75) is 6.18 Å². The molecule has 1 rings (SSSR count). The summed E-state index contributed by atoms with van der Waals surface area (Å²) in [5.74, 6) is 0. The van der Waals surface area contributed by atoms with Crippen LogP contribution >= 0.6 is 11.3 Å². The van der Waals surface area contributed by atoms with Gasteiger partial charge < -0.3 is 0 Å². The quantitative estimate of drug-likeness (QED) is 0.550. The highest BCUT2D eigenvalue weighted by molar-refractivity contribution is 7.10. The van der Waals surface area contributed by atoms with Gasteiger partial charge in [0.2, 0.25) is 0 Å². The first-order chi connectivity index (χ1) is 6.04. The number of allylic oxidation sites excluding steroid dienone is 1. The predicted molar refractivity (Wildman–Crippen MR) is 42.2 cm³/mol. The Hall–Kier alpha value is -1.17. The molecule has 0 N–H and O–H groups in total. The zero-order valence-corrected chi connectivity index (χ0v) is 7.02. The summed E-state index contributed by atoms with van der Waals surface area (Å²) in [5.41, 5.74) is -0.928. The van der Waals surface area contributed by atoms with Crippen LogP contribution in [0, 0.1) is 0 Å². The number of hydrogen-bond acceptors (Lipinski definition) is 3. The van der Waals surface area contributed by atoms with Crippen LogP contribution in [0.4, 0.5) is 13.2 Å². The monoisotopic (exact) mass is 207 g/mol. The molecule has 0 fully saturated rings. The summed E-state index contributed by atoms with van der Waals surface area (Å²) in [4.78, 5) is 13.1. The van der Waals surface area contributed by atoms with Gasteiger partial charge in [0.15, 0.2) is 5.69 Å². The second kappa shape index (κ2) is 3.69. The van der Waals surface area contributed by atoms with Crippen molar-refractivity contribution in [3.05, 3.63) is 22.2 Å². The summed E-state index contributed by atoms with van der Waals surface area (Å²) in [6.45, 7) is 0. The molecular formula is C7H4F3NOS. The maximum absolute atomic E-state index is 12.0. The van der Waals surface area contributed by atoms with Crippen LogP contribution in [-0.2, 0) is 11.0 Å². The van der Waals surface area contributed by atoms with Crippen molar-refractivity contribution in [2.24, 2.45) is 0 Å². The Labute approximate surface area is 75.7 Å². The summed E-state index contributed by atoms with van der Waals surface area (Å²) in [6.07, 6.45) is -1.61. The van der Waals surface area contributed by atoms with Crippen molar-refractivity contribution in [3.63, 3.8) is 0 Å². The summed E-state index contributed by atoms with van der Waals surface area (Å²) in [7, 11) is 0. The molecule has 0 spiro atoms. The van der Waals surface area contributed by atoms with Gasteiger partial charge >= 0.3 is 6.18 Å². The van der Waals surface area contributed by atoms with Gasteiger partial charge in [0.05, 0.1) is 0 Å². The molecule has 70 valence electrons. The van der Waals surface area contributed by atoms with Crippen LogP contribution in [0.15, 0.2) is 11.5 Å². The number of hydrogen-bond donors (Lipinski definition) is 0. The van der Waals surface area contributed by atoms with Crippen molar-refractivity contribution < 1.29 is 18.0 Å². The lowest BCUT2D eigenvalue weighted by atomic mass is 10.5. The van der Waals surface area contributed by atoms with Crippen LogP contribution in [0.1, 0.15) is 10.7 Å². The molecule has 0 unspecified atom stereocenters.